The summed E-state index contributed by atoms with van der Waals surface area (Å²) in [6, 6.07) is 76.4. The zero-order chi connectivity index (χ0) is 37.0. The van der Waals surface area contributed by atoms with Crippen molar-refractivity contribution in [2.75, 3.05) is 4.90 Å². The molecule has 0 amide bonds. The molecular weight excluding hydrogens is 679 g/mol. The Morgan fingerprint density at radius 2 is 0.893 bits per heavy atom. The SMILES string of the molecule is c1ccc(-c2ccc(-c3ccccc3N(c3cccc4ccccc34)c3cccc4oc5c6ccccc6c(-c6ccc7ccccc7c6)cc5c34)cc2)cc1. The molecule has 0 bridgehead atoms. The van der Waals surface area contributed by atoms with Crippen LogP contribution in [0.4, 0.5) is 17.1 Å². The van der Waals surface area contributed by atoms with Crippen LogP contribution in [0.3, 0.4) is 0 Å². The van der Waals surface area contributed by atoms with Crippen LogP contribution in [0.25, 0.3) is 87.6 Å². The zero-order valence-electron chi connectivity index (χ0n) is 30.6. The Morgan fingerprint density at radius 3 is 1.75 bits per heavy atom. The third-order valence-electron chi connectivity index (χ3n) is 11.2. The summed E-state index contributed by atoms with van der Waals surface area (Å²) in [5.74, 6) is 0. The lowest BCUT2D eigenvalue weighted by Crippen LogP contribution is -2.12. The largest absolute Gasteiger partial charge is 0.455 e. The maximum atomic E-state index is 6.92. The number of furan rings is 1. The summed E-state index contributed by atoms with van der Waals surface area (Å²) >= 11 is 0. The van der Waals surface area contributed by atoms with Gasteiger partial charge < -0.3 is 9.32 Å². The van der Waals surface area contributed by atoms with E-state index in [-0.39, 0.29) is 0 Å². The number of para-hydroxylation sites is 1. The van der Waals surface area contributed by atoms with Crippen LogP contribution in [-0.4, -0.2) is 0 Å². The van der Waals surface area contributed by atoms with Crippen LogP contribution in [0.2, 0.25) is 0 Å². The fraction of sp³-hybridized carbons (Fsp3) is 0. The van der Waals surface area contributed by atoms with Gasteiger partial charge in [-0.2, -0.15) is 0 Å². The molecule has 0 saturated heterocycles. The third kappa shape index (κ3) is 5.26. The first-order chi connectivity index (χ1) is 27.8. The molecule has 2 nitrogen and oxygen atoms in total. The van der Waals surface area contributed by atoms with Crippen molar-refractivity contribution in [2.24, 2.45) is 0 Å². The van der Waals surface area contributed by atoms with Crippen LogP contribution in [0, 0.1) is 0 Å². The minimum Gasteiger partial charge on any atom is -0.455 e. The van der Waals surface area contributed by atoms with Crippen LogP contribution in [0.1, 0.15) is 0 Å². The molecule has 262 valence electrons. The highest BCUT2D eigenvalue weighted by atomic mass is 16.3. The first-order valence-electron chi connectivity index (χ1n) is 19.2. The summed E-state index contributed by atoms with van der Waals surface area (Å²) in [6.45, 7) is 0. The van der Waals surface area contributed by atoms with Crippen LogP contribution >= 0.6 is 0 Å². The van der Waals surface area contributed by atoms with Crippen LogP contribution in [0.5, 0.6) is 0 Å². The number of nitrogens with zero attached hydrogens (tertiary/aromatic N) is 1. The maximum Gasteiger partial charge on any atom is 0.143 e. The number of hydrogen-bond acceptors (Lipinski definition) is 2. The van der Waals surface area contributed by atoms with Crippen LogP contribution < -0.4 is 4.90 Å². The van der Waals surface area contributed by atoms with E-state index in [1.54, 1.807) is 0 Å². The molecule has 0 aliphatic heterocycles. The van der Waals surface area contributed by atoms with Gasteiger partial charge in [0.05, 0.1) is 22.4 Å². The summed E-state index contributed by atoms with van der Waals surface area (Å²) in [4.78, 5) is 2.45. The van der Waals surface area contributed by atoms with Gasteiger partial charge in [-0.25, -0.2) is 0 Å². The molecule has 0 aliphatic carbocycles. The lowest BCUT2D eigenvalue weighted by molar-refractivity contribution is 0.672. The average molecular weight is 714 g/mol. The fourth-order valence-corrected chi connectivity index (χ4v) is 8.59. The van der Waals surface area contributed by atoms with Crippen molar-refractivity contribution in [3.05, 3.63) is 212 Å². The van der Waals surface area contributed by atoms with Crippen LogP contribution in [0.15, 0.2) is 217 Å². The van der Waals surface area contributed by atoms with E-state index in [1.165, 1.54) is 49.2 Å². The highest BCUT2D eigenvalue weighted by Crippen LogP contribution is 2.49. The van der Waals surface area contributed by atoms with E-state index in [2.05, 4.69) is 217 Å². The van der Waals surface area contributed by atoms with Crippen molar-refractivity contribution in [2.45, 2.75) is 0 Å². The molecule has 1 aromatic heterocycles. The summed E-state index contributed by atoms with van der Waals surface area (Å²) in [5.41, 5.74) is 12.1. The first kappa shape index (κ1) is 32.0. The highest BCUT2D eigenvalue weighted by Gasteiger charge is 2.24. The van der Waals surface area contributed by atoms with Gasteiger partial charge in [-0.3, -0.25) is 0 Å². The molecule has 0 aliphatic rings. The molecule has 1 heterocycles. The van der Waals surface area contributed by atoms with Crippen molar-refractivity contribution in [3.63, 3.8) is 0 Å². The third-order valence-corrected chi connectivity index (χ3v) is 11.2. The maximum absolute atomic E-state index is 6.92. The number of rotatable bonds is 6. The molecular formula is C54H35NO. The van der Waals surface area contributed by atoms with Gasteiger partial charge in [0, 0.05) is 21.7 Å². The second-order valence-corrected chi connectivity index (χ2v) is 14.5. The fourth-order valence-electron chi connectivity index (χ4n) is 8.59. The van der Waals surface area contributed by atoms with E-state index in [1.807, 2.05) is 0 Å². The minimum absolute atomic E-state index is 0.855. The molecule has 0 radical (unpaired) electrons. The summed E-state index contributed by atoms with van der Waals surface area (Å²) in [5, 5.41) is 9.27. The molecule has 0 atom stereocenters. The molecule has 10 aromatic carbocycles. The number of fused-ring (bicyclic) bond motifs is 7. The molecule has 2 heteroatoms. The van der Waals surface area contributed by atoms with E-state index in [9.17, 15) is 0 Å². The van der Waals surface area contributed by atoms with Gasteiger partial charge in [0.25, 0.3) is 0 Å². The highest BCUT2D eigenvalue weighted by molar-refractivity contribution is 6.23. The monoisotopic (exact) mass is 713 g/mol. The zero-order valence-corrected chi connectivity index (χ0v) is 30.6. The van der Waals surface area contributed by atoms with Crippen molar-refractivity contribution in [1.82, 2.24) is 0 Å². The predicted molar refractivity (Wildman–Crippen MR) is 237 cm³/mol. The normalized spacial score (nSPS) is 11.6. The second kappa shape index (κ2) is 13.2. The molecule has 0 spiro atoms. The topological polar surface area (TPSA) is 16.4 Å². The Labute approximate surface area is 325 Å². The summed E-state index contributed by atoms with van der Waals surface area (Å²) in [6.07, 6.45) is 0. The van der Waals surface area contributed by atoms with E-state index in [0.717, 1.165) is 55.5 Å². The predicted octanol–water partition coefficient (Wildman–Crippen LogP) is 15.5. The molecule has 0 unspecified atom stereocenters. The van der Waals surface area contributed by atoms with E-state index in [0.29, 0.717) is 0 Å². The number of benzene rings is 10. The van der Waals surface area contributed by atoms with E-state index < -0.39 is 0 Å². The number of anilines is 3. The Balaban J connectivity index is 1.19. The summed E-state index contributed by atoms with van der Waals surface area (Å²) in [7, 11) is 0. The van der Waals surface area contributed by atoms with Crippen molar-refractivity contribution in [1.29, 1.82) is 0 Å². The van der Waals surface area contributed by atoms with Crippen molar-refractivity contribution >= 4 is 71.3 Å². The van der Waals surface area contributed by atoms with Crippen molar-refractivity contribution in [3.8, 4) is 33.4 Å². The molecule has 56 heavy (non-hydrogen) atoms. The molecule has 11 aromatic rings. The Morgan fingerprint density at radius 1 is 0.304 bits per heavy atom. The van der Waals surface area contributed by atoms with Gasteiger partial charge in [0.2, 0.25) is 0 Å². The van der Waals surface area contributed by atoms with Gasteiger partial charge in [0.15, 0.2) is 0 Å². The lowest BCUT2D eigenvalue weighted by Gasteiger charge is -2.29. The second-order valence-electron chi connectivity index (χ2n) is 14.5. The minimum atomic E-state index is 0.855. The van der Waals surface area contributed by atoms with Gasteiger partial charge >= 0.3 is 0 Å². The van der Waals surface area contributed by atoms with Gasteiger partial charge in [-0.05, 0) is 85.8 Å². The summed E-state index contributed by atoms with van der Waals surface area (Å²) < 4.78 is 6.92. The van der Waals surface area contributed by atoms with Gasteiger partial charge in [0.1, 0.15) is 11.2 Å². The standard InChI is InChI=1S/C54H35NO/c1-2-14-36(15-3-1)38-28-31-40(32-29-38)44-21-10-11-24-49(44)55(50-25-12-19-39-17-6-7-20-43(39)50)51-26-13-27-52-53(51)48-35-47(45-22-8-9-23-46(45)54(48)56-52)42-33-30-37-16-4-5-18-41(37)34-42/h1-35H. The number of hydrogen-bond donors (Lipinski definition) is 0. The Bertz CT molecular complexity index is 3240. The Kier molecular flexibility index (Phi) is 7.53. The van der Waals surface area contributed by atoms with E-state index in [4.69, 9.17) is 4.42 Å². The molecule has 0 N–H and O–H groups in total. The molecule has 11 rings (SSSR count). The average Bonchev–Trinajstić information content (AvgIpc) is 3.66. The van der Waals surface area contributed by atoms with Crippen LogP contribution in [-0.2, 0) is 0 Å². The van der Waals surface area contributed by atoms with Gasteiger partial charge in [-0.15, -0.1) is 0 Å². The molecule has 0 fully saturated rings. The lowest BCUT2D eigenvalue weighted by atomic mass is 9.93. The first-order valence-corrected chi connectivity index (χ1v) is 19.2. The van der Waals surface area contributed by atoms with Crippen molar-refractivity contribution < 1.29 is 4.42 Å². The molecule has 0 saturated carbocycles. The van der Waals surface area contributed by atoms with Gasteiger partial charge in [-0.1, -0.05) is 176 Å². The smallest absolute Gasteiger partial charge is 0.143 e. The Hall–Kier alpha value is -7.42. The quantitative estimate of drug-likeness (QED) is 0.171. The van der Waals surface area contributed by atoms with E-state index >= 15 is 0 Å².